The number of rotatable bonds is 3. The quantitative estimate of drug-likeness (QED) is 0.912. The van der Waals surface area contributed by atoms with Crippen LogP contribution in [-0.4, -0.2) is 7.05 Å². The lowest BCUT2D eigenvalue weighted by Gasteiger charge is -2.00. The third kappa shape index (κ3) is 3.65. The highest BCUT2D eigenvalue weighted by Gasteiger charge is 2.06. The van der Waals surface area contributed by atoms with Gasteiger partial charge in [-0.3, -0.25) is 0 Å². The SMILES string of the molecule is CNCc1ccc(-c2cc(Cl)cc(Cl)c2)o1.[Cl-]. The molecule has 2 nitrogen and oxygen atoms in total. The molecule has 0 unspecified atom stereocenters. The van der Waals surface area contributed by atoms with E-state index in [1.165, 1.54) is 0 Å². The van der Waals surface area contributed by atoms with Gasteiger partial charge in [-0.05, 0) is 37.4 Å². The van der Waals surface area contributed by atoms with Crippen LogP contribution < -0.4 is 17.7 Å². The second-order valence-corrected chi connectivity index (χ2v) is 4.33. The van der Waals surface area contributed by atoms with Gasteiger partial charge in [0, 0.05) is 15.6 Å². The molecule has 1 aromatic heterocycles. The van der Waals surface area contributed by atoms with Crippen LogP contribution in [0.2, 0.25) is 10.0 Å². The molecular formula is C12H11Cl3NO-. The molecule has 1 aromatic carbocycles. The molecule has 0 aliphatic rings. The standard InChI is InChI=1S/C12H11Cl2NO.ClH/c1-15-7-11-2-3-12(16-11)8-4-9(13)6-10(14)5-8;/h2-6,15H,7H2,1H3;1H/p-1. The highest BCUT2D eigenvalue weighted by Crippen LogP contribution is 2.28. The van der Waals surface area contributed by atoms with E-state index in [-0.39, 0.29) is 12.4 Å². The van der Waals surface area contributed by atoms with Crippen LogP contribution >= 0.6 is 23.2 Å². The summed E-state index contributed by atoms with van der Waals surface area (Å²) in [5, 5.41) is 4.24. The van der Waals surface area contributed by atoms with Crippen molar-refractivity contribution in [2.24, 2.45) is 0 Å². The Morgan fingerprint density at radius 2 is 1.76 bits per heavy atom. The van der Waals surface area contributed by atoms with Crippen molar-refractivity contribution in [2.45, 2.75) is 6.54 Å². The fraction of sp³-hybridized carbons (Fsp3) is 0.167. The minimum Gasteiger partial charge on any atom is -1.00 e. The molecule has 92 valence electrons. The third-order valence-corrected chi connectivity index (χ3v) is 2.60. The van der Waals surface area contributed by atoms with Crippen LogP contribution in [0.25, 0.3) is 11.3 Å². The van der Waals surface area contributed by atoms with Crippen molar-refractivity contribution in [3.63, 3.8) is 0 Å². The van der Waals surface area contributed by atoms with E-state index in [9.17, 15) is 0 Å². The number of halogens is 3. The zero-order valence-corrected chi connectivity index (χ0v) is 11.4. The van der Waals surface area contributed by atoms with Crippen LogP contribution in [0.3, 0.4) is 0 Å². The first-order valence-corrected chi connectivity index (χ1v) is 5.64. The van der Waals surface area contributed by atoms with Crippen LogP contribution in [0.1, 0.15) is 5.76 Å². The Kier molecular flexibility index (Phi) is 5.34. The van der Waals surface area contributed by atoms with Crippen molar-refractivity contribution in [2.75, 3.05) is 7.05 Å². The molecule has 0 saturated carbocycles. The largest absolute Gasteiger partial charge is 1.00 e. The van der Waals surface area contributed by atoms with E-state index in [1.807, 2.05) is 31.3 Å². The average Bonchev–Trinajstić information content (AvgIpc) is 2.65. The van der Waals surface area contributed by atoms with Crippen LogP contribution in [0, 0.1) is 0 Å². The summed E-state index contributed by atoms with van der Waals surface area (Å²) < 4.78 is 5.64. The summed E-state index contributed by atoms with van der Waals surface area (Å²) in [7, 11) is 1.87. The zero-order valence-electron chi connectivity index (χ0n) is 9.14. The molecule has 0 saturated heterocycles. The maximum absolute atomic E-state index is 5.93. The van der Waals surface area contributed by atoms with E-state index < -0.39 is 0 Å². The van der Waals surface area contributed by atoms with E-state index in [1.54, 1.807) is 6.07 Å². The van der Waals surface area contributed by atoms with Gasteiger partial charge < -0.3 is 22.1 Å². The van der Waals surface area contributed by atoms with Crippen LogP contribution in [0.5, 0.6) is 0 Å². The lowest BCUT2D eigenvalue weighted by atomic mass is 10.2. The summed E-state index contributed by atoms with van der Waals surface area (Å²) >= 11 is 11.9. The van der Waals surface area contributed by atoms with Crippen LogP contribution in [0.4, 0.5) is 0 Å². The Labute approximate surface area is 116 Å². The number of hydrogen-bond donors (Lipinski definition) is 1. The molecular weight excluding hydrogens is 280 g/mol. The number of hydrogen-bond acceptors (Lipinski definition) is 2. The molecule has 1 N–H and O–H groups in total. The Morgan fingerprint density at radius 3 is 2.35 bits per heavy atom. The number of benzene rings is 1. The average molecular weight is 292 g/mol. The maximum atomic E-state index is 5.93. The number of furan rings is 1. The minimum atomic E-state index is 0. The molecule has 17 heavy (non-hydrogen) atoms. The maximum Gasteiger partial charge on any atom is 0.134 e. The summed E-state index contributed by atoms with van der Waals surface area (Å²) in [6.45, 7) is 0.703. The van der Waals surface area contributed by atoms with Crippen molar-refractivity contribution in [1.82, 2.24) is 5.32 Å². The summed E-state index contributed by atoms with van der Waals surface area (Å²) in [5.74, 6) is 1.66. The molecule has 0 spiro atoms. The van der Waals surface area contributed by atoms with Crippen molar-refractivity contribution in [1.29, 1.82) is 0 Å². The Bertz CT molecular complexity index is 476. The Morgan fingerprint density at radius 1 is 1.12 bits per heavy atom. The normalized spacial score (nSPS) is 10.1. The third-order valence-electron chi connectivity index (χ3n) is 2.16. The molecule has 1 heterocycles. The van der Waals surface area contributed by atoms with Crippen molar-refractivity contribution in [3.05, 3.63) is 46.1 Å². The van der Waals surface area contributed by atoms with E-state index >= 15 is 0 Å². The van der Waals surface area contributed by atoms with Crippen LogP contribution in [0.15, 0.2) is 34.7 Å². The van der Waals surface area contributed by atoms with Crippen molar-refractivity contribution in [3.8, 4) is 11.3 Å². The summed E-state index contributed by atoms with van der Waals surface area (Å²) in [6, 6.07) is 9.20. The minimum absolute atomic E-state index is 0. The highest BCUT2D eigenvalue weighted by molar-refractivity contribution is 6.35. The van der Waals surface area contributed by atoms with Gasteiger partial charge in [0.2, 0.25) is 0 Å². The monoisotopic (exact) mass is 290 g/mol. The fourth-order valence-corrected chi connectivity index (χ4v) is 2.02. The topological polar surface area (TPSA) is 25.2 Å². The molecule has 0 radical (unpaired) electrons. The molecule has 0 aliphatic carbocycles. The molecule has 2 rings (SSSR count). The van der Waals surface area contributed by atoms with Crippen molar-refractivity contribution < 1.29 is 16.8 Å². The molecule has 0 atom stereocenters. The molecule has 2 aromatic rings. The van der Waals surface area contributed by atoms with Crippen LogP contribution in [-0.2, 0) is 6.54 Å². The van der Waals surface area contributed by atoms with E-state index in [0.29, 0.717) is 16.6 Å². The van der Waals surface area contributed by atoms with Gasteiger partial charge in [-0.25, -0.2) is 0 Å². The van der Waals surface area contributed by atoms with E-state index in [4.69, 9.17) is 27.6 Å². The summed E-state index contributed by atoms with van der Waals surface area (Å²) in [4.78, 5) is 0. The summed E-state index contributed by atoms with van der Waals surface area (Å²) in [5.41, 5.74) is 0.889. The lowest BCUT2D eigenvalue weighted by Crippen LogP contribution is -3.00. The zero-order chi connectivity index (χ0) is 11.5. The Hall–Kier alpha value is -0.670. The van der Waals surface area contributed by atoms with E-state index in [2.05, 4.69) is 5.32 Å². The van der Waals surface area contributed by atoms with Gasteiger partial charge in [-0.2, -0.15) is 0 Å². The highest BCUT2D eigenvalue weighted by atomic mass is 35.5. The first-order valence-electron chi connectivity index (χ1n) is 4.89. The number of nitrogens with one attached hydrogen (secondary N) is 1. The molecule has 0 fully saturated rings. The van der Waals surface area contributed by atoms with E-state index in [0.717, 1.165) is 17.1 Å². The predicted molar refractivity (Wildman–Crippen MR) is 66.9 cm³/mol. The lowest BCUT2D eigenvalue weighted by molar-refractivity contribution is -0.00000366. The molecule has 0 aliphatic heterocycles. The fourth-order valence-electron chi connectivity index (χ4n) is 1.50. The predicted octanol–water partition coefficient (Wildman–Crippen LogP) is 0.977. The molecule has 5 heteroatoms. The van der Waals surface area contributed by atoms with Gasteiger partial charge in [0.05, 0.1) is 6.54 Å². The Balaban J connectivity index is 0.00000144. The second-order valence-electron chi connectivity index (χ2n) is 3.45. The smallest absolute Gasteiger partial charge is 0.134 e. The van der Waals surface area contributed by atoms with Gasteiger partial charge in [0.25, 0.3) is 0 Å². The van der Waals surface area contributed by atoms with Gasteiger partial charge in [0.1, 0.15) is 11.5 Å². The van der Waals surface area contributed by atoms with Gasteiger partial charge in [-0.15, -0.1) is 0 Å². The van der Waals surface area contributed by atoms with Gasteiger partial charge >= 0.3 is 0 Å². The van der Waals surface area contributed by atoms with Gasteiger partial charge in [-0.1, -0.05) is 23.2 Å². The molecule has 0 amide bonds. The molecule has 0 bridgehead atoms. The summed E-state index contributed by atoms with van der Waals surface area (Å²) in [6.07, 6.45) is 0. The van der Waals surface area contributed by atoms with Crippen molar-refractivity contribution >= 4 is 23.2 Å². The first kappa shape index (κ1) is 14.4. The first-order chi connectivity index (χ1) is 7.69. The van der Waals surface area contributed by atoms with Gasteiger partial charge in [0.15, 0.2) is 0 Å². The second kappa shape index (κ2) is 6.31.